The summed E-state index contributed by atoms with van der Waals surface area (Å²) < 4.78 is 6.92. The second-order valence-electron chi connectivity index (χ2n) is 4.16. The number of Topliss-reactive ketones (excluding diaryl/α,β-unsaturated/α-hetero) is 1. The predicted molar refractivity (Wildman–Crippen MR) is 48.8 cm³/mol. The molecule has 4 heteroatoms. The van der Waals surface area contributed by atoms with Gasteiger partial charge in [0.1, 0.15) is 0 Å². The van der Waals surface area contributed by atoms with E-state index in [1.807, 2.05) is 7.05 Å². The second kappa shape index (κ2) is 2.67. The van der Waals surface area contributed by atoms with Crippen LogP contribution >= 0.6 is 0 Å². The molecule has 2 aliphatic rings. The standard InChI is InChI=1S/C10H12N2O2/c1-12-3-6(2-11-12)10(13)9-7-4-14-5-8(7)9/h2-3,7-9H,4-5H2,1H3. The summed E-state index contributed by atoms with van der Waals surface area (Å²) in [5.74, 6) is 1.44. The minimum atomic E-state index is 0.216. The minimum Gasteiger partial charge on any atom is -0.381 e. The first kappa shape index (κ1) is 8.17. The Hall–Kier alpha value is -1.16. The maximum absolute atomic E-state index is 11.9. The van der Waals surface area contributed by atoms with Crippen LogP contribution in [0.25, 0.3) is 0 Å². The Morgan fingerprint density at radius 2 is 2.29 bits per heavy atom. The van der Waals surface area contributed by atoms with Gasteiger partial charge in [-0.2, -0.15) is 5.10 Å². The number of ketones is 1. The highest BCUT2D eigenvalue weighted by atomic mass is 16.5. The summed E-state index contributed by atoms with van der Waals surface area (Å²) in [6.45, 7) is 1.53. The van der Waals surface area contributed by atoms with E-state index in [4.69, 9.17) is 4.74 Å². The Labute approximate surface area is 81.9 Å². The van der Waals surface area contributed by atoms with Crippen LogP contribution in [0.5, 0.6) is 0 Å². The van der Waals surface area contributed by atoms with Crippen LogP contribution in [0, 0.1) is 17.8 Å². The maximum atomic E-state index is 11.9. The lowest BCUT2D eigenvalue weighted by molar-refractivity contribution is 0.0893. The molecule has 2 fully saturated rings. The zero-order valence-electron chi connectivity index (χ0n) is 8.01. The molecule has 1 saturated heterocycles. The van der Waals surface area contributed by atoms with E-state index in [1.165, 1.54) is 0 Å². The Morgan fingerprint density at radius 1 is 1.57 bits per heavy atom. The predicted octanol–water partition coefficient (Wildman–Crippen LogP) is 0.495. The van der Waals surface area contributed by atoms with Crippen molar-refractivity contribution in [3.63, 3.8) is 0 Å². The molecule has 0 spiro atoms. The van der Waals surface area contributed by atoms with Crippen molar-refractivity contribution in [3.05, 3.63) is 18.0 Å². The van der Waals surface area contributed by atoms with E-state index < -0.39 is 0 Å². The van der Waals surface area contributed by atoms with Crippen LogP contribution in [0.3, 0.4) is 0 Å². The molecule has 2 heterocycles. The van der Waals surface area contributed by atoms with Crippen molar-refractivity contribution in [2.45, 2.75) is 0 Å². The number of aromatic nitrogens is 2. The molecular formula is C10H12N2O2. The molecule has 1 aromatic heterocycles. The van der Waals surface area contributed by atoms with E-state index in [-0.39, 0.29) is 11.7 Å². The Bertz CT molecular complexity index is 375. The van der Waals surface area contributed by atoms with Crippen LogP contribution in [-0.4, -0.2) is 28.8 Å². The Balaban J connectivity index is 1.78. The molecule has 0 bridgehead atoms. The Kier molecular flexibility index (Phi) is 1.56. The van der Waals surface area contributed by atoms with E-state index in [1.54, 1.807) is 17.1 Å². The fourth-order valence-corrected chi connectivity index (χ4v) is 2.37. The summed E-state index contributed by atoms with van der Waals surface area (Å²) in [7, 11) is 1.83. The highest BCUT2D eigenvalue weighted by Crippen LogP contribution is 2.52. The van der Waals surface area contributed by atoms with E-state index in [0.717, 1.165) is 18.8 Å². The van der Waals surface area contributed by atoms with Crippen LogP contribution in [0.15, 0.2) is 12.4 Å². The summed E-state index contributed by atoms with van der Waals surface area (Å²) in [6, 6.07) is 0. The average Bonchev–Trinajstić information content (AvgIpc) is 2.56. The number of fused-ring (bicyclic) bond motifs is 1. The van der Waals surface area contributed by atoms with Gasteiger partial charge in [-0.25, -0.2) is 0 Å². The minimum absolute atomic E-state index is 0.216. The molecule has 0 radical (unpaired) electrons. The molecule has 14 heavy (non-hydrogen) atoms. The highest BCUT2D eigenvalue weighted by molar-refractivity contribution is 5.99. The molecule has 0 N–H and O–H groups in total. The molecule has 2 unspecified atom stereocenters. The molecule has 4 nitrogen and oxygen atoms in total. The zero-order chi connectivity index (χ0) is 9.71. The highest BCUT2D eigenvalue weighted by Gasteiger charge is 2.57. The lowest BCUT2D eigenvalue weighted by Crippen LogP contribution is -2.09. The molecule has 2 atom stereocenters. The van der Waals surface area contributed by atoms with Crippen molar-refractivity contribution in [2.24, 2.45) is 24.8 Å². The lowest BCUT2D eigenvalue weighted by Gasteiger charge is -2.00. The first-order valence-corrected chi connectivity index (χ1v) is 4.88. The van der Waals surface area contributed by atoms with Crippen LogP contribution < -0.4 is 0 Å². The van der Waals surface area contributed by atoms with Gasteiger partial charge in [0.2, 0.25) is 0 Å². The van der Waals surface area contributed by atoms with Crippen LogP contribution in [0.2, 0.25) is 0 Å². The monoisotopic (exact) mass is 192 g/mol. The summed E-state index contributed by atoms with van der Waals surface area (Å²) >= 11 is 0. The van der Waals surface area contributed by atoms with Crippen molar-refractivity contribution >= 4 is 5.78 Å². The molecule has 74 valence electrons. The van der Waals surface area contributed by atoms with Gasteiger partial charge in [0.15, 0.2) is 5.78 Å². The van der Waals surface area contributed by atoms with Gasteiger partial charge >= 0.3 is 0 Å². The third kappa shape index (κ3) is 1.04. The van der Waals surface area contributed by atoms with E-state index in [9.17, 15) is 4.79 Å². The molecule has 0 amide bonds. The largest absolute Gasteiger partial charge is 0.381 e. The molecule has 3 rings (SSSR count). The SMILES string of the molecule is Cn1cc(C(=O)C2C3COCC32)cn1. The number of rotatable bonds is 2. The van der Waals surface area contributed by atoms with Crippen LogP contribution in [-0.2, 0) is 11.8 Å². The van der Waals surface area contributed by atoms with E-state index in [0.29, 0.717) is 11.8 Å². The van der Waals surface area contributed by atoms with Gasteiger partial charge < -0.3 is 4.74 Å². The average molecular weight is 192 g/mol. The number of hydrogen-bond donors (Lipinski definition) is 0. The van der Waals surface area contributed by atoms with Crippen molar-refractivity contribution in [3.8, 4) is 0 Å². The summed E-state index contributed by atoms with van der Waals surface area (Å²) in [4.78, 5) is 11.9. The van der Waals surface area contributed by atoms with Gasteiger partial charge in [-0.1, -0.05) is 0 Å². The first-order valence-electron chi connectivity index (χ1n) is 4.88. The third-order valence-corrected chi connectivity index (χ3v) is 3.24. The zero-order valence-corrected chi connectivity index (χ0v) is 8.01. The van der Waals surface area contributed by atoms with Crippen molar-refractivity contribution in [1.82, 2.24) is 9.78 Å². The smallest absolute Gasteiger partial charge is 0.169 e. The van der Waals surface area contributed by atoms with E-state index >= 15 is 0 Å². The van der Waals surface area contributed by atoms with Gasteiger partial charge in [-0.3, -0.25) is 9.48 Å². The number of carbonyl (C=O) groups is 1. The summed E-state index contributed by atoms with van der Waals surface area (Å²) in [5, 5.41) is 4.01. The van der Waals surface area contributed by atoms with Gasteiger partial charge in [0.05, 0.1) is 25.0 Å². The topological polar surface area (TPSA) is 44.1 Å². The normalized spacial score (nSPS) is 34.2. The maximum Gasteiger partial charge on any atom is 0.169 e. The quantitative estimate of drug-likeness (QED) is 0.641. The van der Waals surface area contributed by atoms with Gasteiger partial charge in [-0.15, -0.1) is 0 Å². The number of carbonyl (C=O) groups excluding carboxylic acids is 1. The van der Waals surface area contributed by atoms with Crippen molar-refractivity contribution in [2.75, 3.05) is 13.2 Å². The summed E-state index contributed by atoms with van der Waals surface area (Å²) in [6.07, 6.45) is 3.44. The van der Waals surface area contributed by atoms with Gasteiger partial charge in [0.25, 0.3) is 0 Å². The molecule has 1 aromatic rings. The third-order valence-electron chi connectivity index (χ3n) is 3.24. The number of aryl methyl sites for hydroxylation is 1. The van der Waals surface area contributed by atoms with Crippen LogP contribution in [0.4, 0.5) is 0 Å². The molecule has 0 aromatic carbocycles. The summed E-state index contributed by atoms with van der Waals surface area (Å²) in [5.41, 5.74) is 0.743. The molecule has 1 aliphatic carbocycles. The number of nitrogens with zero attached hydrogens (tertiary/aromatic N) is 2. The molecule has 1 saturated carbocycles. The van der Waals surface area contributed by atoms with Gasteiger partial charge in [-0.05, 0) is 11.8 Å². The van der Waals surface area contributed by atoms with Crippen molar-refractivity contribution in [1.29, 1.82) is 0 Å². The number of hydrogen-bond acceptors (Lipinski definition) is 3. The Morgan fingerprint density at radius 3 is 2.86 bits per heavy atom. The fourth-order valence-electron chi connectivity index (χ4n) is 2.37. The van der Waals surface area contributed by atoms with E-state index in [2.05, 4.69) is 5.10 Å². The number of ether oxygens (including phenoxy) is 1. The van der Waals surface area contributed by atoms with Crippen LogP contribution in [0.1, 0.15) is 10.4 Å². The molecule has 1 aliphatic heterocycles. The lowest BCUT2D eigenvalue weighted by atomic mass is 10.1. The van der Waals surface area contributed by atoms with Crippen molar-refractivity contribution < 1.29 is 9.53 Å². The fraction of sp³-hybridized carbons (Fsp3) is 0.600. The molecular weight excluding hydrogens is 180 g/mol. The van der Waals surface area contributed by atoms with Gasteiger partial charge in [0, 0.05) is 19.2 Å². The first-order chi connectivity index (χ1) is 6.77. The second-order valence-corrected chi connectivity index (χ2v) is 4.16.